The minimum absolute atomic E-state index is 0.168. The number of nitrogens with one attached hydrogen (secondary N) is 1. The highest BCUT2D eigenvalue weighted by atomic mass is 15.0. The molecular weight excluding hydrogens is 246 g/mol. The summed E-state index contributed by atoms with van der Waals surface area (Å²) >= 11 is 0. The number of aryl methyl sites for hydroxylation is 1. The highest BCUT2D eigenvalue weighted by Gasteiger charge is 2.28. The molecule has 0 amide bonds. The maximum atomic E-state index is 4.85. The van der Waals surface area contributed by atoms with Gasteiger partial charge in [-0.1, -0.05) is 30.3 Å². The molecule has 3 heteroatoms. The molecular formula is C17H21N3. The summed E-state index contributed by atoms with van der Waals surface area (Å²) in [4.78, 5) is 9.64. The first-order valence-corrected chi connectivity index (χ1v) is 7.22. The van der Waals surface area contributed by atoms with Crippen LogP contribution in [0.5, 0.6) is 0 Å². The molecule has 0 atom stereocenters. The normalized spacial score (nSPS) is 14.9. The van der Waals surface area contributed by atoms with Crippen molar-refractivity contribution >= 4 is 0 Å². The van der Waals surface area contributed by atoms with E-state index in [-0.39, 0.29) is 5.41 Å². The Morgan fingerprint density at radius 1 is 1.10 bits per heavy atom. The van der Waals surface area contributed by atoms with Crippen molar-refractivity contribution in [1.82, 2.24) is 15.3 Å². The largest absolute Gasteiger partial charge is 0.311 e. The van der Waals surface area contributed by atoms with Gasteiger partial charge in [-0.2, -0.15) is 0 Å². The van der Waals surface area contributed by atoms with Gasteiger partial charge in [-0.3, -0.25) is 0 Å². The molecule has 0 radical (unpaired) electrons. The summed E-state index contributed by atoms with van der Waals surface area (Å²) in [7, 11) is 0. The minimum Gasteiger partial charge on any atom is -0.311 e. The van der Waals surface area contributed by atoms with Crippen molar-refractivity contribution in [1.29, 1.82) is 0 Å². The molecule has 1 aliphatic heterocycles. The van der Waals surface area contributed by atoms with Crippen LogP contribution in [-0.4, -0.2) is 16.5 Å². The fraction of sp³-hybridized carbons (Fsp3) is 0.412. The molecule has 0 saturated carbocycles. The van der Waals surface area contributed by atoms with Gasteiger partial charge < -0.3 is 5.32 Å². The predicted molar refractivity (Wildman–Crippen MR) is 80.7 cm³/mol. The van der Waals surface area contributed by atoms with Gasteiger partial charge in [0.25, 0.3) is 0 Å². The number of benzene rings is 1. The van der Waals surface area contributed by atoms with Crippen LogP contribution in [0, 0.1) is 6.92 Å². The number of hydrogen-bond donors (Lipinski definition) is 1. The van der Waals surface area contributed by atoms with Gasteiger partial charge in [-0.05, 0) is 44.9 Å². The van der Waals surface area contributed by atoms with E-state index in [1.807, 2.05) is 6.07 Å². The number of rotatable bonds is 2. The van der Waals surface area contributed by atoms with Crippen molar-refractivity contribution in [3.63, 3.8) is 0 Å². The molecule has 0 spiro atoms. The van der Waals surface area contributed by atoms with Gasteiger partial charge in [0.2, 0.25) is 0 Å². The van der Waals surface area contributed by atoms with Crippen LogP contribution in [0.2, 0.25) is 0 Å². The molecule has 1 aromatic heterocycles. The van der Waals surface area contributed by atoms with E-state index in [2.05, 4.69) is 50.4 Å². The molecule has 20 heavy (non-hydrogen) atoms. The minimum atomic E-state index is -0.168. The highest BCUT2D eigenvalue weighted by molar-refractivity contribution is 5.34. The van der Waals surface area contributed by atoms with Crippen molar-refractivity contribution in [3.8, 4) is 0 Å². The Hall–Kier alpha value is -1.74. The van der Waals surface area contributed by atoms with Crippen molar-refractivity contribution in [2.45, 2.75) is 39.2 Å². The maximum Gasteiger partial charge on any atom is 0.138 e. The van der Waals surface area contributed by atoms with Gasteiger partial charge in [0.1, 0.15) is 5.82 Å². The van der Waals surface area contributed by atoms with Crippen molar-refractivity contribution in [3.05, 3.63) is 58.7 Å². The average Bonchev–Trinajstić information content (AvgIpc) is 2.48. The molecule has 3 nitrogen and oxygen atoms in total. The van der Waals surface area contributed by atoms with Crippen molar-refractivity contribution in [2.75, 3.05) is 6.54 Å². The molecule has 1 N–H and O–H groups in total. The van der Waals surface area contributed by atoms with E-state index in [0.29, 0.717) is 0 Å². The lowest BCUT2D eigenvalue weighted by atomic mass is 9.83. The van der Waals surface area contributed by atoms with Gasteiger partial charge in [-0.25, -0.2) is 9.97 Å². The zero-order valence-corrected chi connectivity index (χ0v) is 12.4. The molecule has 0 aliphatic carbocycles. The summed E-state index contributed by atoms with van der Waals surface area (Å²) < 4.78 is 0. The first-order valence-electron chi connectivity index (χ1n) is 7.22. The standard InChI is InChI=1S/C17H21N3/c1-12-14-9-10-18-11-15(14)20-16(19-12)17(2,3)13-7-5-4-6-8-13/h4-8,18H,9-11H2,1-3H3. The summed E-state index contributed by atoms with van der Waals surface area (Å²) in [5.41, 5.74) is 4.72. The van der Waals surface area contributed by atoms with Crippen molar-refractivity contribution in [2.24, 2.45) is 0 Å². The second-order valence-electron chi connectivity index (χ2n) is 5.98. The van der Waals surface area contributed by atoms with Gasteiger partial charge in [0.15, 0.2) is 0 Å². The number of aromatic nitrogens is 2. The van der Waals surface area contributed by atoms with Gasteiger partial charge in [-0.15, -0.1) is 0 Å². The number of fused-ring (bicyclic) bond motifs is 1. The lowest BCUT2D eigenvalue weighted by Crippen LogP contribution is -2.30. The molecule has 104 valence electrons. The van der Waals surface area contributed by atoms with Crippen LogP contribution in [0.3, 0.4) is 0 Å². The third kappa shape index (κ3) is 2.22. The van der Waals surface area contributed by atoms with E-state index in [1.165, 1.54) is 16.8 Å². The molecule has 0 unspecified atom stereocenters. The Kier molecular flexibility index (Phi) is 3.30. The first kappa shape index (κ1) is 13.3. The molecule has 1 aliphatic rings. The molecule has 0 bridgehead atoms. The van der Waals surface area contributed by atoms with Crippen LogP contribution in [0.15, 0.2) is 30.3 Å². The second-order valence-corrected chi connectivity index (χ2v) is 5.98. The summed E-state index contributed by atoms with van der Waals surface area (Å²) in [6, 6.07) is 10.5. The van der Waals surface area contributed by atoms with Crippen LogP contribution in [0.4, 0.5) is 0 Å². The molecule has 1 aromatic carbocycles. The molecule has 0 fully saturated rings. The number of nitrogens with zero attached hydrogens (tertiary/aromatic N) is 2. The van der Waals surface area contributed by atoms with Gasteiger partial charge in [0.05, 0.1) is 5.69 Å². The quantitative estimate of drug-likeness (QED) is 0.909. The third-order valence-electron chi connectivity index (χ3n) is 4.20. The Labute approximate surface area is 120 Å². The summed E-state index contributed by atoms with van der Waals surface area (Å²) in [6.07, 6.45) is 1.03. The maximum absolute atomic E-state index is 4.85. The van der Waals surface area contributed by atoms with Gasteiger partial charge in [0, 0.05) is 17.7 Å². The zero-order valence-electron chi connectivity index (χ0n) is 12.4. The first-order chi connectivity index (χ1) is 9.59. The lowest BCUT2D eigenvalue weighted by molar-refractivity contribution is 0.556. The monoisotopic (exact) mass is 267 g/mol. The van der Waals surface area contributed by atoms with Crippen LogP contribution in [0.25, 0.3) is 0 Å². The predicted octanol–water partition coefficient (Wildman–Crippen LogP) is 2.76. The van der Waals surface area contributed by atoms with Crippen LogP contribution in [-0.2, 0) is 18.4 Å². The van der Waals surface area contributed by atoms with Crippen molar-refractivity contribution < 1.29 is 0 Å². The summed E-state index contributed by atoms with van der Waals surface area (Å²) in [5.74, 6) is 0.920. The smallest absolute Gasteiger partial charge is 0.138 e. The van der Waals surface area contributed by atoms with E-state index in [9.17, 15) is 0 Å². The molecule has 0 saturated heterocycles. The topological polar surface area (TPSA) is 37.8 Å². The molecule has 2 heterocycles. The average molecular weight is 267 g/mol. The number of hydrogen-bond acceptors (Lipinski definition) is 3. The highest BCUT2D eigenvalue weighted by Crippen LogP contribution is 2.30. The second kappa shape index (κ2) is 4.98. The van der Waals surface area contributed by atoms with E-state index in [4.69, 9.17) is 9.97 Å². The Morgan fingerprint density at radius 2 is 1.85 bits per heavy atom. The van der Waals surface area contributed by atoms with E-state index in [1.54, 1.807) is 0 Å². The van der Waals surface area contributed by atoms with E-state index >= 15 is 0 Å². The Morgan fingerprint density at radius 3 is 2.60 bits per heavy atom. The van der Waals surface area contributed by atoms with Crippen LogP contribution in [0.1, 0.15) is 42.2 Å². The SMILES string of the molecule is Cc1nc(C(C)(C)c2ccccc2)nc2c1CCNC2. The summed E-state index contributed by atoms with van der Waals surface area (Å²) in [6.45, 7) is 8.38. The van der Waals surface area contributed by atoms with Crippen LogP contribution < -0.4 is 5.32 Å². The molecule has 3 rings (SSSR count). The summed E-state index contributed by atoms with van der Waals surface area (Å²) in [5, 5.41) is 3.40. The lowest BCUT2D eigenvalue weighted by Gasteiger charge is -2.27. The fourth-order valence-corrected chi connectivity index (χ4v) is 2.81. The third-order valence-corrected chi connectivity index (χ3v) is 4.20. The van der Waals surface area contributed by atoms with E-state index in [0.717, 1.165) is 31.0 Å². The Balaban J connectivity index is 2.08. The van der Waals surface area contributed by atoms with Gasteiger partial charge >= 0.3 is 0 Å². The van der Waals surface area contributed by atoms with E-state index < -0.39 is 0 Å². The Bertz CT molecular complexity index is 618. The fourth-order valence-electron chi connectivity index (χ4n) is 2.81. The van der Waals surface area contributed by atoms with Crippen LogP contribution >= 0.6 is 0 Å². The molecule has 2 aromatic rings. The zero-order chi connectivity index (χ0) is 14.2.